The van der Waals surface area contributed by atoms with Gasteiger partial charge in [0.1, 0.15) is 11.4 Å². The summed E-state index contributed by atoms with van der Waals surface area (Å²) in [6.45, 7) is 0.981. The number of ether oxygens (including phenoxy) is 1. The van der Waals surface area contributed by atoms with Gasteiger partial charge >= 0.3 is 0 Å². The number of carbonyl (C=O) groups is 1. The smallest absolute Gasteiger partial charge is 0.257 e. The predicted molar refractivity (Wildman–Crippen MR) is 134 cm³/mol. The summed E-state index contributed by atoms with van der Waals surface area (Å²) in [4.78, 5) is 22.6. The number of nitrogens with zero attached hydrogens (tertiary/aromatic N) is 3. The first-order valence-electron chi connectivity index (χ1n) is 10.6. The molecule has 1 N–H and O–H groups in total. The summed E-state index contributed by atoms with van der Waals surface area (Å²) in [6, 6.07) is 19.6. The third-order valence-electron chi connectivity index (χ3n) is 5.35. The Balaban J connectivity index is 1.24. The van der Waals surface area contributed by atoms with Crippen molar-refractivity contribution in [2.45, 2.75) is 17.7 Å². The summed E-state index contributed by atoms with van der Waals surface area (Å²) in [6.07, 6.45) is 3.88. The van der Waals surface area contributed by atoms with Crippen LogP contribution in [0, 0.1) is 0 Å². The fourth-order valence-electron chi connectivity index (χ4n) is 3.69. The Morgan fingerprint density at radius 3 is 2.79 bits per heavy atom. The van der Waals surface area contributed by atoms with Crippen LogP contribution in [-0.2, 0) is 6.42 Å². The number of amides is 1. The van der Waals surface area contributed by atoms with Gasteiger partial charge < -0.3 is 9.04 Å². The first kappa shape index (κ1) is 21.5. The zero-order valence-electron chi connectivity index (χ0n) is 18.0. The maximum Gasteiger partial charge on any atom is 0.257 e. The standard InChI is InChI=1S/C25H22N4O2S2/c1-31-19-9-12-23-18(15-19)5-4-14-29(23)33-20-10-7-17(8-11-20)24(30)28-25-27-22(16-32-25)21-6-2-3-13-26-21/h2-3,6-13,15-16H,4-5,14H2,1H3,(H,27,28,30). The predicted octanol–water partition coefficient (Wildman–Crippen LogP) is 5.93. The monoisotopic (exact) mass is 474 g/mol. The lowest BCUT2D eigenvalue weighted by Crippen LogP contribution is -2.22. The van der Waals surface area contributed by atoms with Crippen molar-refractivity contribution in [1.29, 1.82) is 0 Å². The van der Waals surface area contributed by atoms with Gasteiger partial charge in [0, 0.05) is 28.6 Å². The quantitative estimate of drug-likeness (QED) is 0.350. The number of benzene rings is 2. The maximum absolute atomic E-state index is 12.7. The van der Waals surface area contributed by atoms with Crippen molar-refractivity contribution in [2.75, 3.05) is 23.3 Å². The van der Waals surface area contributed by atoms with Crippen molar-refractivity contribution < 1.29 is 9.53 Å². The van der Waals surface area contributed by atoms with Gasteiger partial charge in [0.25, 0.3) is 5.91 Å². The topological polar surface area (TPSA) is 67.3 Å². The molecular weight excluding hydrogens is 452 g/mol. The fourth-order valence-corrected chi connectivity index (χ4v) is 5.40. The molecule has 8 heteroatoms. The Morgan fingerprint density at radius 2 is 2.00 bits per heavy atom. The number of fused-ring (bicyclic) bond motifs is 1. The summed E-state index contributed by atoms with van der Waals surface area (Å²) in [7, 11) is 1.70. The first-order chi connectivity index (χ1) is 16.2. The van der Waals surface area contributed by atoms with Crippen LogP contribution in [0.25, 0.3) is 11.4 Å². The molecule has 0 radical (unpaired) electrons. The Morgan fingerprint density at radius 1 is 1.12 bits per heavy atom. The van der Waals surface area contributed by atoms with Crippen LogP contribution in [0.4, 0.5) is 10.8 Å². The highest BCUT2D eigenvalue weighted by atomic mass is 32.2. The molecule has 0 unspecified atom stereocenters. The van der Waals surface area contributed by atoms with E-state index in [0.717, 1.165) is 41.4 Å². The van der Waals surface area contributed by atoms with Gasteiger partial charge in [-0.2, -0.15) is 0 Å². The van der Waals surface area contributed by atoms with Crippen molar-refractivity contribution in [1.82, 2.24) is 9.97 Å². The van der Waals surface area contributed by atoms with E-state index >= 15 is 0 Å². The number of aryl methyl sites for hydroxylation is 1. The molecule has 1 aliphatic rings. The van der Waals surface area contributed by atoms with E-state index in [4.69, 9.17) is 4.74 Å². The number of hydrogen-bond acceptors (Lipinski definition) is 7. The molecule has 0 saturated carbocycles. The van der Waals surface area contributed by atoms with Crippen LogP contribution < -0.4 is 14.4 Å². The number of anilines is 2. The van der Waals surface area contributed by atoms with Crippen LogP contribution in [-0.4, -0.2) is 29.5 Å². The van der Waals surface area contributed by atoms with E-state index in [0.29, 0.717) is 10.7 Å². The highest BCUT2D eigenvalue weighted by Gasteiger charge is 2.19. The molecule has 2 aromatic carbocycles. The number of aromatic nitrogens is 2. The normalized spacial score (nSPS) is 12.8. The summed E-state index contributed by atoms with van der Waals surface area (Å²) >= 11 is 3.08. The number of nitrogens with one attached hydrogen (secondary N) is 1. The van der Waals surface area contributed by atoms with Gasteiger partial charge in [0.2, 0.25) is 0 Å². The Bertz CT molecular complexity index is 1260. The highest BCUT2D eigenvalue weighted by molar-refractivity contribution is 8.00. The minimum atomic E-state index is -0.177. The van der Waals surface area contributed by atoms with Crippen LogP contribution in [0.1, 0.15) is 22.3 Å². The van der Waals surface area contributed by atoms with Crippen molar-refractivity contribution >= 4 is 40.0 Å². The zero-order valence-corrected chi connectivity index (χ0v) is 19.7. The number of pyridine rings is 1. The minimum absolute atomic E-state index is 0.177. The molecule has 33 heavy (non-hydrogen) atoms. The van der Waals surface area contributed by atoms with Crippen molar-refractivity contribution in [3.63, 3.8) is 0 Å². The zero-order chi connectivity index (χ0) is 22.6. The van der Waals surface area contributed by atoms with E-state index in [1.807, 2.05) is 53.9 Å². The highest BCUT2D eigenvalue weighted by Crippen LogP contribution is 2.37. The SMILES string of the molecule is COc1ccc2c(c1)CCCN2Sc1ccc(C(=O)Nc2nc(-c3ccccn3)cs2)cc1. The van der Waals surface area contributed by atoms with Crippen molar-refractivity contribution in [3.8, 4) is 17.1 Å². The molecule has 4 aromatic rings. The van der Waals surface area contributed by atoms with Gasteiger partial charge in [-0.25, -0.2) is 4.98 Å². The first-order valence-corrected chi connectivity index (χ1v) is 12.3. The lowest BCUT2D eigenvalue weighted by Gasteiger charge is -2.30. The van der Waals surface area contributed by atoms with Crippen molar-refractivity contribution in [2.24, 2.45) is 0 Å². The maximum atomic E-state index is 12.7. The van der Waals surface area contributed by atoms with Crippen LogP contribution in [0.2, 0.25) is 0 Å². The molecule has 3 heterocycles. The number of thiazole rings is 1. The van der Waals surface area contributed by atoms with Gasteiger partial charge in [-0.3, -0.25) is 15.1 Å². The molecule has 0 spiro atoms. The van der Waals surface area contributed by atoms with E-state index in [9.17, 15) is 4.79 Å². The molecule has 0 fully saturated rings. The second-order valence-electron chi connectivity index (χ2n) is 7.52. The van der Waals surface area contributed by atoms with Crippen LogP contribution in [0.5, 0.6) is 5.75 Å². The summed E-state index contributed by atoms with van der Waals surface area (Å²) in [5, 5.41) is 5.33. The van der Waals surface area contributed by atoms with Gasteiger partial charge in [-0.1, -0.05) is 6.07 Å². The third kappa shape index (κ3) is 4.86. The Labute approximate surface area is 200 Å². The molecular formula is C25H22N4O2S2. The van der Waals surface area contributed by atoms with Gasteiger partial charge in [0.15, 0.2) is 5.13 Å². The van der Waals surface area contributed by atoms with E-state index in [2.05, 4.69) is 31.7 Å². The van der Waals surface area contributed by atoms with Crippen LogP contribution in [0.3, 0.4) is 0 Å². The van der Waals surface area contributed by atoms with Crippen LogP contribution >= 0.6 is 23.3 Å². The third-order valence-corrected chi connectivity index (χ3v) is 7.19. The second-order valence-corrected chi connectivity index (χ2v) is 9.48. The molecule has 0 aliphatic carbocycles. The molecule has 0 bridgehead atoms. The van der Waals surface area contributed by atoms with E-state index in [1.165, 1.54) is 22.6 Å². The largest absolute Gasteiger partial charge is 0.497 e. The van der Waals surface area contributed by atoms with Gasteiger partial charge in [-0.15, -0.1) is 11.3 Å². The number of carbonyl (C=O) groups excluding carboxylic acids is 1. The molecule has 0 atom stereocenters. The molecule has 6 nitrogen and oxygen atoms in total. The van der Waals surface area contributed by atoms with Gasteiger partial charge in [-0.05, 0) is 85.0 Å². The number of hydrogen-bond donors (Lipinski definition) is 1. The second kappa shape index (κ2) is 9.64. The fraction of sp³-hybridized carbons (Fsp3) is 0.160. The Hall–Kier alpha value is -3.36. The van der Waals surface area contributed by atoms with E-state index in [-0.39, 0.29) is 5.91 Å². The molecule has 2 aromatic heterocycles. The molecule has 166 valence electrons. The average Bonchev–Trinajstić information content (AvgIpc) is 3.33. The minimum Gasteiger partial charge on any atom is -0.497 e. The summed E-state index contributed by atoms with van der Waals surface area (Å²) < 4.78 is 7.67. The average molecular weight is 475 g/mol. The lowest BCUT2D eigenvalue weighted by atomic mass is 10.0. The number of rotatable bonds is 6. The van der Waals surface area contributed by atoms with E-state index in [1.54, 1.807) is 25.3 Å². The molecule has 1 amide bonds. The van der Waals surface area contributed by atoms with Crippen LogP contribution in [0.15, 0.2) is 77.1 Å². The van der Waals surface area contributed by atoms with Gasteiger partial charge in [0.05, 0.1) is 18.5 Å². The molecule has 0 saturated heterocycles. The molecule has 5 rings (SSSR count). The van der Waals surface area contributed by atoms with E-state index < -0.39 is 0 Å². The Kier molecular flexibility index (Phi) is 6.28. The number of methoxy groups -OCH3 is 1. The summed E-state index contributed by atoms with van der Waals surface area (Å²) in [5.74, 6) is 0.715. The lowest BCUT2D eigenvalue weighted by molar-refractivity contribution is 0.102. The molecule has 1 aliphatic heterocycles. The van der Waals surface area contributed by atoms with Crippen molar-refractivity contribution in [3.05, 3.63) is 83.4 Å². The summed E-state index contributed by atoms with van der Waals surface area (Å²) in [5.41, 5.74) is 4.66.